The molecule has 0 bridgehead atoms. The normalized spacial score (nSPS) is 14.2. The molecule has 0 aliphatic rings. The third-order valence-electron chi connectivity index (χ3n) is 2.92. The third kappa shape index (κ3) is 11.8. The molecule has 138 valence electrons. The molecule has 7 nitrogen and oxygen atoms in total. The molecule has 0 saturated heterocycles. The van der Waals surface area contributed by atoms with Gasteiger partial charge in [-0.15, -0.1) is 0 Å². The Hall–Kier alpha value is -1.70. The highest BCUT2D eigenvalue weighted by molar-refractivity contribution is 5.82. The summed E-state index contributed by atoms with van der Waals surface area (Å²) in [6.07, 6.45) is 4.79. The van der Waals surface area contributed by atoms with E-state index in [2.05, 4.69) is 0 Å². The number of rotatable bonds is 12. The molecule has 7 heteroatoms. The van der Waals surface area contributed by atoms with E-state index < -0.39 is 24.1 Å². The van der Waals surface area contributed by atoms with Crippen LogP contribution in [-0.2, 0) is 19.1 Å². The van der Waals surface area contributed by atoms with Crippen molar-refractivity contribution in [2.75, 3.05) is 32.8 Å². The van der Waals surface area contributed by atoms with Gasteiger partial charge in [0.05, 0.1) is 0 Å². The summed E-state index contributed by atoms with van der Waals surface area (Å²) in [7, 11) is 0. The van der Waals surface area contributed by atoms with E-state index in [1.54, 1.807) is 26.0 Å². The molecule has 24 heavy (non-hydrogen) atoms. The number of nitrogens with zero attached hydrogens (tertiary/aromatic N) is 1. The molecule has 0 aromatic rings. The first-order chi connectivity index (χ1) is 11.4. The van der Waals surface area contributed by atoms with Crippen LogP contribution in [0.1, 0.15) is 27.2 Å². The lowest BCUT2D eigenvalue weighted by molar-refractivity contribution is -0.141. The van der Waals surface area contributed by atoms with Crippen molar-refractivity contribution in [1.29, 1.82) is 0 Å². The van der Waals surface area contributed by atoms with Crippen LogP contribution >= 0.6 is 0 Å². The molecule has 2 unspecified atom stereocenters. The Kier molecular flexibility index (Phi) is 12.7. The van der Waals surface area contributed by atoms with Gasteiger partial charge in [-0.25, -0.2) is 9.59 Å². The van der Waals surface area contributed by atoms with E-state index in [4.69, 9.17) is 9.47 Å². The van der Waals surface area contributed by atoms with Gasteiger partial charge in [0.2, 0.25) is 0 Å². The molecule has 0 rings (SSSR count). The Morgan fingerprint density at radius 1 is 0.958 bits per heavy atom. The van der Waals surface area contributed by atoms with Crippen LogP contribution in [0.25, 0.3) is 0 Å². The number of carbonyl (C=O) groups is 2. The second-order valence-electron chi connectivity index (χ2n) is 5.33. The Morgan fingerprint density at radius 3 is 1.71 bits per heavy atom. The number of allylic oxidation sites excluding steroid dienone is 2. The van der Waals surface area contributed by atoms with Crippen molar-refractivity contribution >= 4 is 11.9 Å². The minimum absolute atomic E-state index is 0.115. The van der Waals surface area contributed by atoms with E-state index in [1.807, 2.05) is 11.8 Å². The van der Waals surface area contributed by atoms with Gasteiger partial charge in [-0.05, 0) is 26.8 Å². The van der Waals surface area contributed by atoms with E-state index in [9.17, 15) is 19.8 Å². The van der Waals surface area contributed by atoms with Gasteiger partial charge in [-0.2, -0.15) is 0 Å². The van der Waals surface area contributed by atoms with E-state index in [0.717, 1.165) is 6.42 Å². The first-order valence-electron chi connectivity index (χ1n) is 8.10. The van der Waals surface area contributed by atoms with Crippen LogP contribution in [0.4, 0.5) is 0 Å². The average molecular weight is 343 g/mol. The number of aliphatic hydroxyl groups is 2. The molecule has 0 saturated carbocycles. The fourth-order valence-corrected chi connectivity index (χ4v) is 2.00. The molecule has 0 fully saturated rings. The lowest BCUT2D eigenvalue weighted by Gasteiger charge is -2.26. The largest absolute Gasteiger partial charge is 0.460 e. The van der Waals surface area contributed by atoms with E-state index in [0.29, 0.717) is 6.54 Å². The van der Waals surface area contributed by atoms with E-state index in [1.165, 1.54) is 12.2 Å². The van der Waals surface area contributed by atoms with Crippen LogP contribution in [0.5, 0.6) is 0 Å². The summed E-state index contributed by atoms with van der Waals surface area (Å²) < 4.78 is 9.78. The van der Waals surface area contributed by atoms with Crippen LogP contribution in [0.15, 0.2) is 24.3 Å². The molecular weight excluding hydrogens is 314 g/mol. The predicted octanol–water partition coefficient (Wildman–Crippen LogP) is 0.659. The number of hydrogen-bond donors (Lipinski definition) is 2. The fraction of sp³-hybridized carbons (Fsp3) is 0.647. The third-order valence-corrected chi connectivity index (χ3v) is 2.92. The van der Waals surface area contributed by atoms with Crippen molar-refractivity contribution in [3.8, 4) is 0 Å². The Morgan fingerprint density at radius 2 is 1.38 bits per heavy atom. The van der Waals surface area contributed by atoms with Gasteiger partial charge in [-0.1, -0.05) is 19.1 Å². The zero-order valence-corrected chi connectivity index (χ0v) is 14.7. The molecule has 0 heterocycles. The van der Waals surface area contributed by atoms with Crippen molar-refractivity contribution in [2.24, 2.45) is 0 Å². The molecular formula is C17H29NO6. The van der Waals surface area contributed by atoms with Crippen molar-refractivity contribution in [2.45, 2.75) is 39.4 Å². The van der Waals surface area contributed by atoms with Gasteiger partial charge in [-0.3, -0.25) is 4.90 Å². The van der Waals surface area contributed by atoms with Gasteiger partial charge < -0.3 is 19.7 Å². The fourth-order valence-electron chi connectivity index (χ4n) is 2.00. The molecule has 0 spiro atoms. The molecule has 0 radical (unpaired) electrons. The number of aliphatic hydroxyl groups excluding tert-OH is 2. The molecule has 2 N–H and O–H groups in total. The maximum atomic E-state index is 11.2. The first-order valence-corrected chi connectivity index (χ1v) is 8.10. The van der Waals surface area contributed by atoms with Crippen LogP contribution in [-0.4, -0.2) is 72.1 Å². The SMILES string of the molecule is CC=CC(=O)OCC(O)CN(CCC)CC(O)COC(=O)C=CC. The summed E-state index contributed by atoms with van der Waals surface area (Å²) in [5.41, 5.74) is 0. The van der Waals surface area contributed by atoms with Crippen LogP contribution in [0.3, 0.4) is 0 Å². The number of carbonyl (C=O) groups excluding carboxylic acids is 2. The number of esters is 2. The van der Waals surface area contributed by atoms with Gasteiger partial charge in [0.25, 0.3) is 0 Å². The Balaban J connectivity index is 4.26. The molecule has 0 aromatic heterocycles. The number of hydrogen-bond acceptors (Lipinski definition) is 7. The summed E-state index contributed by atoms with van der Waals surface area (Å²) in [5, 5.41) is 19.9. The summed E-state index contributed by atoms with van der Waals surface area (Å²) in [5.74, 6) is -1.01. The Bertz CT molecular complexity index is 385. The quantitative estimate of drug-likeness (QED) is 0.397. The minimum atomic E-state index is -0.858. The Labute approximate surface area is 143 Å². The van der Waals surface area contributed by atoms with Crippen LogP contribution in [0, 0.1) is 0 Å². The smallest absolute Gasteiger partial charge is 0.330 e. The summed E-state index contributed by atoms with van der Waals surface area (Å²) >= 11 is 0. The first kappa shape index (κ1) is 22.3. The van der Waals surface area contributed by atoms with Crippen molar-refractivity contribution in [1.82, 2.24) is 4.90 Å². The van der Waals surface area contributed by atoms with Crippen LogP contribution < -0.4 is 0 Å². The topological polar surface area (TPSA) is 96.3 Å². The highest BCUT2D eigenvalue weighted by Gasteiger charge is 2.17. The predicted molar refractivity (Wildman–Crippen MR) is 90.3 cm³/mol. The van der Waals surface area contributed by atoms with Crippen LogP contribution in [0.2, 0.25) is 0 Å². The van der Waals surface area contributed by atoms with Crippen molar-refractivity contribution in [3.63, 3.8) is 0 Å². The van der Waals surface area contributed by atoms with Gasteiger partial charge in [0.1, 0.15) is 25.4 Å². The second-order valence-corrected chi connectivity index (χ2v) is 5.33. The van der Waals surface area contributed by atoms with Crippen molar-refractivity contribution < 1.29 is 29.3 Å². The highest BCUT2D eigenvalue weighted by atomic mass is 16.5. The van der Waals surface area contributed by atoms with E-state index >= 15 is 0 Å². The van der Waals surface area contributed by atoms with Gasteiger partial charge in [0, 0.05) is 25.2 Å². The maximum Gasteiger partial charge on any atom is 0.330 e. The minimum Gasteiger partial charge on any atom is -0.460 e. The highest BCUT2D eigenvalue weighted by Crippen LogP contribution is 2.00. The molecule has 0 aliphatic carbocycles. The summed E-state index contributed by atoms with van der Waals surface area (Å²) in [6.45, 7) is 6.29. The maximum absolute atomic E-state index is 11.2. The second kappa shape index (κ2) is 13.7. The lowest BCUT2D eigenvalue weighted by Crippen LogP contribution is -2.41. The van der Waals surface area contributed by atoms with Crippen molar-refractivity contribution in [3.05, 3.63) is 24.3 Å². The van der Waals surface area contributed by atoms with Gasteiger partial charge >= 0.3 is 11.9 Å². The lowest BCUT2D eigenvalue weighted by atomic mass is 10.2. The standard InChI is InChI=1S/C17H29NO6/c1-4-7-16(21)23-12-14(19)10-18(9-6-3)11-15(20)13-24-17(22)8-5-2/h4-5,7-8,14-15,19-20H,6,9-13H2,1-3H3. The zero-order chi connectivity index (χ0) is 18.4. The summed E-state index contributed by atoms with van der Waals surface area (Å²) in [6, 6.07) is 0. The van der Waals surface area contributed by atoms with E-state index in [-0.39, 0.29) is 26.3 Å². The molecule has 0 amide bonds. The molecule has 0 aliphatic heterocycles. The molecule has 0 aromatic carbocycles. The van der Waals surface area contributed by atoms with Gasteiger partial charge in [0.15, 0.2) is 0 Å². The molecule has 2 atom stereocenters. The number of ether oxygens (including phenoxy) is 2. The summed E-state index contributed by atoms with van der Waals surface area (Å²) in [4.78, 5) is 24.3. The zero-order valence-electron chi connectivity index (χ0n) is 14.7. The monoisotopic (exact) mass is 343 g/mol. The average Bonchev–Trinajstić information content (AvgIpc) is 2.52.